The number of benzene rings is 1. The van der Waals surface area contributed by atoms with E-state index in [0.717, 1.165) is 11.4 Å². The summed E-state index contributed by atoms with van der Waals surface area (Å²) in [6.45, 7) is 4.29. The molecule has 13 heavy (non-hydrogen) atoms. The summed E-state index contributed by atoms with van der Waals surface area (Å²) >= 11 is 7.95. The normalized spacial score (nSPS) is 11.0. The Bertz CT molecular complexity index is 443. The number of hydrogen-bond acceptors (Lipinski definition) is 1. The van der Waals surface area contributed by atoms with Crippen molar-refractivity contribution in [3.8, 4) is 0 Å². The number of halogens is 1. The lowest BCUT2D eigenvalue weighted by Crippen LogP contribution is -1.81. The third-order valence-corrected chi connectivity index (χ3v) is 3.69. The predicted molar refractivity (Wildman–Crippen MR) is 61.0 cm³/mol. The lowest BCUT2D eigenvalue weighted by molar-refractivity contribution is 1.16. The van der Waals surface area contributed by atoms with Gasteiger partial charge in [0.05, 0.1) is 0 Å². The molecule has 0 amide bonds. The van der Waals surface area contributed by atoms with Gasteiger partial charge in [0, 0.05) is 14.6 Å². The topological polar surface area (TPSA) is 0 Å². The van der Waals surface area contributed by atoms with Gasteiger partial charge >= 0.3 is 0 Å². The lowest BCUT2D eigenvalue weighted by atomic mass is 10.1. The molecule has 0 atom stereocenters. The average Bonchev–Trinajstić information content (AvgIpc) is 2.45. The van der Waals surface area contributed by atoms with E-state index in [1.54, 1.807) is 0 Å². The molecule has 0 unspecified atom stereocenters. The van der Waals surface area contributed by atoms with E-state index in [1.807, 2.05) is 17.4 Å². The van der Waals surface area contributed by atoms with E-state index >= 15 is 0 Å². The van der Waals surface area contributed by atoms with Crippen molar-refractivity contribution < 1.29 is 0 Å². The van der Waals surface area contributed by atoms with Crippen LogP contribution in [0.4, 0.5) is 0 Å². The van der Waals surface area contributed by atoms with Gasteiger partial charge < -0.3 is 0 Å². The zero-order valence-electron chi connectivity index (χ0n) is 7.73. The van der Waals surface area contributed by atoms with Crippen molar-refractivity contribution in [2.75, 3.05) is 0 Å². The maximum absolute atomic E-state index is 6.12. The smallest absolute Gasteiger partial charge is 0.0452 e. The molecule has 0 aliphatic carbocycles. The molecule has 0 saturated carbocycles. The molecule has 0 spiro atoms. The van der Waals surface area contributed by atoms with Crippen molar-refractivity contribution in [3.05, 3.63) is 33.7 Å². The van der Waals surface area contributed by atoms with E-state index in [1.165, 1.54) is 20.5 Å². The van der Waals surface area contributed by atoms with E-state index in [-0.39, 0.29) is 0 Å². The molecule has 0 N–H and O–H groups in total. The van der Waals surface area contributed by atoms with Crippen LogP contribution in [0.2, 0.25) is 5.02 Å². The quantitative estimate of drug-likeness (QED) is 0.654. The molecule has 1 aromatic heterocycles. The molecule has 1 heterocycles. The van der Waals surface area contributed by atoms with Gasteiger partial charge in [0.25, 0.3) is 0 Å². The van der Waals surface area contributed by atoms with Crippen LogP contribution >= 0.6 is 22.9 Å². The van der Waals surface area contributed by atoms with Gasteiger partial charge in [0.1, 0.15) is 0 Å². The first kappa shape index (κ1) is 9.04. The molecule has 68 valence electrons. The summed E-state index contributed by atoms with van der Waals surface area (Å²) in [5.41, 5.74) is 1.29. The zero-order chi connectivity index (χ0) is 9.42. The van der Waals surface area contributed by atoms with Crippen LogP contribution in [0.25, 0.3) is 10.1 Å². The molecule has 2 rings (SSSR count). The first-order chi connectivity index (χ1) is 6.22. The number of rotatable bonds is 1. The molecular weight excluding hydrogens is 200 g/mol. The van der Waals surface area contributed by atoms with Crippen LogP contribution in [0.3, 0.4) is 0 Å². The number of fused-ring (bicyclic) bond motifs is 1. The van der Waals surface area contributed by atoms with Crippen LogP contribution in [0.1, 0.15) is 17.4 Å². The highest BCUT2D eigenvalue weighted by molar-refractivity contribution is 7.19. The summed E-state index contributed by atoms with van der Waals surface area (Å²) in [5.74, 6) is 0. The van der Waals surface area contributed by atoms with Gasteiger partial charge in [0.15, 0.2) is 0 Å². The standard InChI is InChI=1S/C11H11ClS/c1-3-9-10(12)5-4-8-6-7(2)13-11(8)9/h4-6H,3H2,1-2H3. The molecule has 0 saturated heterocycles. The Morgan fingerprint density at radius 3 is 2.85 bits per heavy atom. The van der Waals surface area contributed by atoms with E-state index in [2.05, 4.69) is 26.0 Å². The van der Waals surface area contributed by atoms with E-state index in [9.17, 15) is 0 Å². The van der Waals surface area contributed by atoms with Gasteiger partial charge in [-0.05, 0) is 36.4 Å². The Balaban J connectivity index is 2.82. The molecule has 0 bridgehead atoms. The minimum Gasteiger partial charge on any atom is -0.140 e. The van der Waals surface area contributed by atoms with Gasteiger partial charge in [-0.3, -0.25) is 0 Å². The Labute approximate surface area is 87.2 Å². The first-order valence-corrected chi connectivity index (χ1v) is 5.59. The van der Waals surface area contributed by atoms with Crippen molar-refractivity contribution >= 4 is 33.0 Å². The third kappa shape index (κ3) is 1.47. The summed E-state index contributed by atoms with van der Waals surface area (Å²) in [7, 11) is 0. The first-order valence-electron chi connectivity index (χ1n) is 4.40. The summed E-state index contributed by atoms with van der Waals surface area (Å²) in [6.07, 6.45) is 1.01. The molecule has 0 nitrogen and oxygen atoms in total. The number of aryl methyl sites for hydroxylation is 2. The van der Waals surface area contributed by atoms with Crippen LogP contribution in [-0.4, -0.2) is 0 Å². The van der Waals surface area contributed by atoms with Crippen LogP contribution in [0, 0.1) is 6.92 Å². The second kappa shape index (κ2) is 3.32. The Kier molecular flexibility index (Phi) is 2.31. The zero-order valence-corrected chi connectivity index (χ0v) is 9.30. The SMILES string of the molecule is CCc1c(Cl)ccc2cc(C)sc12. The minimum atomic E-state index is 0.900. The van der Waals surface area contributed by atoms with Gasteiger partial charge in [-0.15, -0.1) is 11.3 Å². The molecule has 0 aliphatic rings. The van der Waals surface area contributed by atoms with Gasteiger partial charge in [-0.1, -0.05) is 24.6 Å². The number of thiophene rings is 1. The van der Waals surface area contributed by atoms with Crippen LogP contribution in [-0.2, 0) is 6.42 Å². The Morgan fingerprint density at radius 2 is 2.15 bits per heavy atom. The van der Waals surface area contributed by atoms with Crippen LogP contribution in [0.5, 0.6) is 0 Å². The fourth-order valence-electron chi connectivity index (χ4n) is 1.59. The van der Waals surface area contributed by atoms with Crippen molar-refractivity contribution in [2.24, 2.45) is 0 Å². The number of hydrogen-bond donors (Lipinski definition) is 0. The molecular formula is C11H11ClS. The average molecular weight is 211 g/mol. The van der Waals surface area contributed by atoms with Gasteiger partial charge in [-0.25, -0.2) is 0 Å². The van der Waals surface area contributed by atoms with Crippen molar-refractivity contribution in [1.29, 1.82) is 0 Å². The highest BCUT2D eigenvalue weighted by atomic mass is 35.5. The molecule has 0 radical (unpaired) electrons. The predicted octanol–water partition coefficient (Wildman–Crippen LogP) is 4.43. The highest BCUT2D eigenvalue weighted by Gasteiger charge is 2.06. The van der Waals surface area contributed by atoms with Crippen molar-refractivity contribution in [2.45, 2.75) is 20.3 Å². The molecule has 0 aliphatic heterocycles. The fraction of sp³-hybridized carbons (Fsp3) is 0.273. The highest BCUT2D eigenvalue weighted by Crippen LogP contribution is 2.32. The second-order valence-corrected chi connectivity index (χ2v) is 4.82. The molecule has 2 heteroatoms. The maximum atomic E-state index is 6.12. The Morgan fingerprint density at radius 1 is 1.38 bits per heavy atom. The lowest BCUT2D eigenvalue weighted by Gasteiger charge is -2.01. The van der Waals surface area contributed by atoms with Crippen molar-refractivity contribution in [3.63, 3.8) is 0 Å². The van der Waals surface area contributed by atoms with Gasteiger partial charge in [-0.2, -0.15) is 0 Å². The minimum absolute atomic E-state index is 0.900. The fourth-order valence-corrected chi connectivity index (χ4v) is 3.07. The van der Waals surface area contributed by atoms with Crippen LogP contribution < -0.4 is 0 Å². The molecule has 0 fully saturated rings. The molecule has 2 aromatic rings. The second-order valence-electron chi connectivity index (χ2n) is 3.15. The third-order valence-electron chi connectivity index (χ3n) is 2.21. The monoisotopic (exact) mass is 210 g/mol. The van der Waals surface area contributed by atoms with E-state index < -0.39 is 0 Å². The van der Waals surface area contributed by atoms with Crippen molar-refractivity contribution in [1.82, 2.24) is 0 Å². The summed E-state index contributed by atoms with van der Waals surface area (Å²) in [6, 6.07) is 6.31. The van der Waals surface area contributed by atoms with E-state index in [0.29, 0.717) is 0 Å². The van der Waals surface area contributed by atoms with Gasteiger partial charge in [0.2, 0.25) is 0 Å². The van der Waals surface area contributed by atoms with E-state index in [4.69, 9.17) is 11.6 Å². The maximum Gasteiger partial charge on any atom is 0.0452 e. The van der Waals surface area contributed by atoms with Crippen LogP contribution in [0.15, 0.2) is 18.2 Å². The summed E-state index contributed by atoms with van der Waals surface area (Å²) in [4.78, 5) is 1.35. The Hall–Kier alpha value is -0.530. The summed E-state index contributed by atoms with van der Waals surface area (Å²) in [5, 5.41) is 2.22. The molecule has 1 aromatic carbocycles. The largest absolute Gasteiger partial charge is 0.140 e. The summed E-state index contributed by atoms with van der Waals surface area (Å²) < 4.78 is 1.35.